The zero-order valence-electron chi connectivity index (χ0n) is 17.9. The summed E-state index contributed by atoms with van der Waals surface area (Å²) in [4.78, 5) is 50.5. The molecule has 2 aromatic rings. The Balaban J connectivity index is 1.87. The summed E-state index contributed by atoms with van der Waals surface area (Å²) in [5.74, 6) is -1.05. The van der Waals surface area contributed by atoms with E-state index in [1.165, 1.54) is 26.0 Å². The Hall–Kier alpha value is -3.68. The Morgan fingerprint density at radius 2 is 1.42 bits per heavy atom. The number of hydrogen-bond donors (Lipinski definition) is 3. The summed E-state index contributed by atoms with van der Waals surface area (Å²) in [5, 5.41) is 8.09. The van der Waals surface area contributed by atoms with Crippen molar-refractivity contribution in [3.05, 3.63) is 53.1 Å². The van der Waals surface area contributed by atoms with E-state index >= 15 is 0 Å². The van der Waals surface area contributed by atoms with Crippen LogP contribution in [0.3, 0.4) is 0 Å². The monoisotopic (exact) mass is 422 g/mol. The van der Waals surface area contributed by atoms with E-state index in [1.54, 1.807) is 31.2 Å². The van der Waals surface area contributed by atoms with Crippen molar-refractivity contribution in [1.29, 1.82) is 0 Å². The van der Waals surface area contributed by atoms with Crippen molar-refractivity contribution in [2.45, 2.75) is 33.6 Å². The Labute approximate surface area is 181 Å². The van der Waals surface area contributed by atoms with Gasteiger partial charge in [0, 0.05) is 55.1 Å². The van der Waals surface area contributed by atoms with Gasteiger partial charge in [-0.15, -0.1) is 0 Å². The molecule has 0 unspecified atom stereocenters. The van der Waals surface area contributed by atoms with Gasteiger partial charge in [-0.05, 0) is 55.7 Å². The predicted octanol–water partition coefficient (Wildman–Crippen LogP) is 3.40. The van der Waals surface area contributed by atoms with Gasteiger partial charge in [-0.25, -0.2) is 0 Å². The van der Waals surface area contributed by atoms with E-state index in [2.05, 4.69) is 16.0 Å². The van der Waals surface area contributed by atoms with E-state index in [1.807, 2.05) is 4.90 Å². The minimum absolute atomic E-state index is 0.0355. The summed E-state index contributed by atoms with van der Waals surface area (Å²) in [7, 11) is 0. The molecule has 1 saturated heterocycles. The van der Waals surface area contributed by atoms with Gasteiger partial charge in [-0.3, -0.25) is 19.2 Å². The Kier molecular flexibility index (Phi) is 6.69. The first kappa shape index (κ1) is 22.0. The molecule has 3 N–H and O–H groups in total. The van der Waals surface area contributed by atoms with Crippen LogP contribution in [0.15, 0.2) is 36.4 Å². The molecular formula is C23H26N4O4. The number of likely N-dealkylation sites (tertiary alicyclic amines) is 1. The van der Waals surface area contributed by atoms with Crippen LogP contribution in [0.2, 0.25) is 0 Å². The molecule has 0 aromatic heterocycles. The van der Waals surface area contributed by atoms with Crippen LogP contribution in [0.5, 0.6) is 0 Å². The highest BCUT2D eigenvalue weighted by molar-refractivity contribution is 6.08. The molecule has 0 radical (unpaired) electrons. The fourth-order valence-corrected chi connectivity index (χ4v) is 3.60. The van der Waals surface area contributed by atoms with Crippen molar-refractivity contribution in [3.63, 3.8) is 0 Å². The van der Waals surface area contributed by atoms with E-state index in [0.717, 1.165) is 25.9 Å². The number of carbonyl (C=O) groups excluding carboxylic acids is 4. The summed E-state index contributed by atoms with van der Waals surface area (Å²) in [5.41, 5.74) is 2.81. The molecule has 31 heavy (non-hydrogen) atoms. The minimum Gasteiger partial charge on any atom is -0.339 e. The molecular weight excluding hydrogens is 396 g/mol. The van der Waals surface area contributed by atoms with E-state index in [-0.39, 0.29) is 23.3 Å². The SMILES string of the molecule is CC(=O)Nc1cc(NC(C)=O)cc(C(=O)Nc2cccc(C(=O)N3CCCC3)c2C)c1. The molecule has 1 aliphatic heterocycles. The van der Waals surface area contributed by atoms with Gasteiger partial charge in [0.05, 0.1) is 0 Å². The quantitative estimate of drug-likeness (QED) is 0.686. The smallest absolute Gasteiger partial charge is 0.255 e. The lowest BCUT2D eigenvalue weighted by Gasteiger charge is -2.18. The number of benzene rings is 2. The fourth-order valence-electron chi connectivity index (χ4n) is 3.60. The van der Waals surface area contributed by atoms with E-state index < -0.39 is 5.91 Å². The third-order valence-electron chi connectivity index (χ3n) is 5.04. The summed E-state index contributed by atoms with van der Waals surface area (Å²) >= 11 is 0. The summed E-state index contributed by atoms with van der Waals surface area (Å²) in [6, 6.07) is 9.86. The standard InChI is InChI=1S/C23H26N4O4/c1-14-20(23(31)27-9-4-5-10-27)7-6-8-21(14)26-22(30)17-11-18(24-15(2)28)13-19(12-17)25-16(3)29/h6-8,11-13H,4-5,9-10H2,1-3H3,(H,24,28)(H,25,29)(H,26,30). The molecule has 4 amide bonds. The van der Waals surface area contributed by atoms with Crippen LogP contribution in [0.4, 0.5) is 17.1 Å². The molecule has 1 heterocycles. The maximum absolute atomic E-state index is 12.9. The van der Waals surface area contributed by atoms with Crippen LogP contribution >= 0.6 is 0 Å². The molecule has 0 spiro atoms. The van der Waals surface area contributed by atoms with Crippen molar-refractivity contribution >= 4 is 40.7 Å². The van der Waals surface area contributed by atoms with Gasteiger partial charge < -0.3 is 20.9 Å². The van der Waals surface area contributed by atoms with Gasteiger partial charge in [0.15, 0.2) is 0 Å². The molecule has 8 heteroatoms. The molecule has 3 rings (SSSR count). The Morgan fingerprint density at radius 1 is 0.839 bits per heavy atom. The first-order chi connectivity index (χ1) is 14.7. The van der Waals surface area contributed by atoms with Gasteiger partial charge in [-0.1, -0.05) is 6.07 Å². The highest BCUT2D eigenvalue weighted by atomic mass is 16.2. The second-order valence-corrected chi connectivity index (χ2v) is 7.59. The lowest BCUT2D eigenvalue weighted by molar-refractivity contribution is -0.115. The lowest BCUT2D eigenvalue weighted by atomic mass is 10.0. The summed E-state index contributed by atoms with van der Waals surface area (Å²) in [6.07, 6.45) is 2.00. The zero-order valence-corrected chi connectivity index (χ0v) is 17.9. The first-order valence-electron chi connectivity index (χ1n) is 10.1. The van der Waals surface area contributed by atoms with Crippen LogP contribution in [0.25, 0.3) is 0 Å². The zero-order chi connectivity index (χ0) is 22.5. The fraction of sp³-hybridized carbons (Fsp3) is 0.304. The molecule has 0 aliphatic carbocycles. The second-order valence-electron chi connectivity index (χ2n) is 7.59. The average Bonchev–Trinajstić information content (AvgIpc) is 3.22. The minimum atomic E-state index is -0.423. The highest BCUT2D eigenvalue weighted by Crippen LogP contribution is 2.24. The summed E-state index contributed by atoms with van der Waals surface area (Å²) < 4.78 is 0. The number of nitrogens with zero attached hydrogens (tertiary/aromatic N) is 1. The van der Waals surface area contributed by atoms with Crippen molar-refractivity contribution in [1.82, 2.24) is 4.90 Å². The lowest BCUT2D eigenvalue weighted by Crippen LogP contribution is -2.28. The molecule has 2 aromatic carbocycles. The third-order valence-corrected chi connectivity index (χ3v) is 5.04. The highest BCUT2D eigenvalue weighted by Gasteiger charge is 2.22. The molecule has 1 aliphatic rings. The summed E-state index contributed by atoms with van der Waals surface area (Å²) in [6.45, 7) is 6.01. The molecule has 0 saturated carbocycles. The van der Waals surface area contributed by atoms with Gasteiger partial charge in [0.25, 0.3) is 11.8 Å². The largest absolute Gasteiger partial charge is 0.339 e. The first-order valence-corrected chi connectivity index (χ1v) is 10.1. The maximum Gasteiger partial charge on any atom is 0.255 e. The molecule has 0 bridgehead atoms. The average molecular weight is 422 g/mol. The van der Waals surface area contributed by atoms with Crippen LogP contribution in [-0.2, 0) is 9.59 Å². The van der Waals surface area contributed by atoms with Gasteiger partial charge >= 0.3 is 0 Å². The van der Waals surface area contributed by atoms with Crippen LogP contribution in [0, 0.1) is 6.92 Å². The number of carbonyl (C=O) groups is 4. The Morgan fingerprint density at radius 3 is 1.97 bits per heavy atom. The van der Waals surface area contributed by atoms with Gasteiger partial charge in [0.2, 0.25) is 11.8 Å². The predicted molar refractivity (Wildman–Crippen MR) is 119 cm³/mol. The molecule has 0 atom stereocenters. The van der Waals surface area contributed by atoms with Crippen molar-refractivity contribution in [2.24, 2.45) is 0 Å². The van der Waals surface area contributed by atoms with Crippen LogP contribution < -0.4 is 16.0 Å². The number of anilines is 3. The van der Waals surface area contributed by atoms with Crippen LogP contribution in [0.1, 0.15) is 53.0 Å². The topological polar surface area (TPSA) is 108 Å². The van der Waals surface area contributed by atoms with Gasteiger partial charge in [0.1, 0.15) is 0 Å². The van der Waals surface area contributed by atoms with Crippen molar-refractivity contribution < 1.29 is 19.2 Å². The maximum atomic E-state index is 12.9. The molecule has 162 valence electrons. The molecule has 8 nitrogen and oxygen atoms in total. The van der Waals surface area contributed by atoms with E-state index in [9.17, 15) is 19.2 Å². The third kappa shape index (κ3) is 5.48. The van der Waals surface area contributed by atoms with E-state index in [4.69, 9.17) is 0 Å². The number of amides is 4. The molecule has 1 fully saturated rings. The Bertz CT molecular complexity index is 1010. The van der Waals surface area contributed by atoms with E-state index in [0.29, 0.717) is 28.2 Å². The number of hydrogen-bond acceptors (Lipinski definition) is 4. The normalized spacial score (nSPS) is 12.9. The van der Waals surface area contributed by atoms with Crippen molar-refractivity contribution in [2.75, 3.05) is 29.0 Å². The van der Waals surface area contributed by atoms with Gasteiger partial charge in [-0.2, -0.15) is 0 Å². The van der Waals surface area contributed by atoms with Crippen LogP contribution in [-0.4, -0.2) is 41.6 Å². The van der Waals surface area contributed by atoms with Crippen molar-refractivity contribution in [3.8, 4) is 0 Å². The number of nitrogens with one attached hydrogen (secondary N) is 3. The second kappa shape index (κ2) is 9.42. The number of rotatable bonds is 5.